The molecule has 18 heavy (non-hydrogen) atoms. The lowest BCUT2D eigenvalue weighted by atomic mass is 9.97. The van der Waals surface area contributed by atoms with Gasteiger partial charge in [0.15, 0.2) is 0 Å². The number of rotatable bonds is 6. The lowest BCUT2D eigenvalue weighted by molar-refractivity contribution is -0.384. The molecular weight excluding hydrogens is 232 g/mol. The highest BCUT2D eigenvalue weighted by Gasteiger charge is 2.13. The van der Waals surface area contributed by atoms with Crippen LogP contribution in [0.2, 0.25) is 0 Å². The maximum Gasteiger partial charge on any atom is 0.269 e. The number of non-ortho nitro benzene ring substituents is 1. The van der Waals surface area contributed by atoms with Gasteiger partial charge < -0.3 is 10.5 Å². The molecule has 0 amide bonds. The summed E-state index contributed by atoms with van der Waals surface area (Å²) in [6.07, 6.45) is 1.47. The van der Waals surface area contributed by atoms with E-state index in [1.807, 2.05) is 0 Å². The first-order chi connectivity index (χ1) is 8.45. The molecule has 2 N–H and O–H groups in total. The number of methoxy groups -OCH3 is 1. The molecule has 1 aromatic rings. The zero-order valence-electron chi connectivity index (χ0n) is 11.1. The Morgan fingerprint density at radius 1 is 1.44 bits per heavy atom. The predicted octanol–water partition coefficient (Wildman–Crippen LogP) is 2.52. The molecule has 0 spiro atoms. The summed E-state index contributed by atoms with van der Waals surface area (Å²) in [5.41, 5.74) is 6.90. The van der Waals surface area contributed by atoms with Gasteiger partial charge in [-0.2, -0.15) is 0 Å². The Balaban J connectivity index is 2.84. The Morgan fingerprint density at radius 3 is 2.61 bits per heavy atom. The number of ether oxygens (including phenoxy) is 1. The van der Waals surface area contributed by atoms with Crippen LogP contribution >= 0.6 is 0 Å². The van der Waals surface area contributed by atoms with Crippen molar-refractivity contribution < 1.29 is 9.66 Å². The predicted molar refractivity (Wildman–Crippen MR) is 70.8 cm³/mol. The van der Waals surface area contributed by atoms with Crippen LogP contribution in [0.4, 0.5) is 5.69 Å². The summed E-state index contributed by atoms with van der Waals surface area (Å²) < 4.78 is 5.21. The third kappa shape index (κ3) is 3.70. The second kappa shape index (κ2) is 6.35. The van der Waals surface area contributed by atoms with Crippen molar-refractivity contribution >= 4 is 5.69 Å². The lowest BCUT2D eigenvalue weighted by Gasteiger charge is -2.16. The number of aryl methyl sites for hydroxylation is 1. The molecule has 0 aromatic heterocycles. The fourth-order valence-corrected chi connectivity index (χ4v) is 1.73. The van der Waals surface area contributed by atoms with Gasteiger partial charge in [-0.3, -0.25) is 10.1 Å². The lowest BCUT2D eigenvalue weighted by Crippen LogP contribution is -2.26. The topological polar surface area (TPSA) is 78.4 Å². The van der Waals surface area contributed by atoms with Gasteiger partial charge in [-0.15, -0.1) is 0 Å². The highest BCUT2D eigenvalue weighted by Crippen LogP contribution is 2.25. The Labute approximate surface area is 107 Å². The minimum absolute atomic E-state index is 0.0870. The van der Waals surface area contributed by atoms with Gasteiger partial charge in [-0.25, -0.2) is 0 Å². The quantitative estimate of drug-likeness (QED) is 0.623. The fraction of sp³-hybridized carbons (Fsp3) is 0.538. The molecule has 0 heterocycles. The SMILES string of the molecule is COc1ccc([N+](=O)[O-])cc1CCC(N)C(C)C. The van der Waals surface area contributed by atoms with Gasteiger partial charge in [-0.1, -0.05) is 13.8 Å². The Kier molecular flexibility index (Phi) is 5.09. The molecule has 1 atom stereocenters. The Hall–Kier alpha value is -1.62. The minimum Gasteiger partial charge on any atom is -0.496 e. The maximum atomic E-state index is 10.7. The highest BCUT2D eigenvalue weighted by atomic mass is 16.6. The van der Waals surface area contributed by atoms with Crippen molar-refractivity contribution in [1.82, 2.24) is 0 Å². The molecule has 0 aliphatic rings. The largest absolute Gasteiger partial charge is 0.496 e. The van der Waals surface area contributed by atoms with Gasteiger partial charge in [0.2, 0.25) is 0 Å². The molecule has 0 fully saturated rings. The molecule has 0 saturated heterocycles. The van der Waals surface area contributed by atoms with E-state index in [2.05, 4.69) is 13.8 Å². The highest BCUT2D eigenvalue weighted by molar-refractivity contribution is 5.43. The number of hydrogen-bond donors (Lipinski definition) is 1. The number of benzene rings is 1. The summed E-state index contributed by atoms with van der Waals surface area (Å²) in [7, 11) is 1.56. The smallest absolute Gasteiger partial charge is 0.269 e. The monoisotopic (exact) mass is 252 g/mol. The van der Waals surface area contributed by atoms with Gasteiger partial charge in [0.1, 0.15) is 5.75 Å². The van der Waals surface area contributed by atoms with E-state index in [0.29, 0.717) is 18.1 Å². The van der Waals surface area contributed by atoms with Crippen LogP contribution in [0.5, 0.6) is 5.75 Å². The van der Waals surface area contributed by atoms with Crippen LogP contribution in [-0.2, 0) is 6.42 Å². The molecule has 0 bridgehead atoms. The molecule has 100 valence electrons. The second-order valence-electron chi connectivity index (χ2n) is 4.70. The molecule has 0 aliphatic carbocycles. The average Bonchev–Trinajstić information content (AvgIpc) is 2.35. The third-order valence-corrected chi connectivity index (χ3v) is 3.08. The van der Waals surface area contributed by atoms with Crippen LogP contribution in [0.15, 0.2) is 18.2 Å². The first-order valence-electron chi connectivity index (χ1n) is 6.02. The van der Waals surface area contributed by atoms with E-state index in [-0.39, 0.29) is 11.7 Å². The van der Waals surface area contributed by atoms with E-state index in [4.69, 9.17) is 10.5 Å². The van der Waals surface area contributed by atoms with Gasteiger partial charge >= 0.3 is 0 Å². The Bertz CT molecular complexity index is 419. The van der Waals surface area contributed by atoms with Crippen LogP contribution in [0.25, 0.3) is 0 Å². The number of nitrogens with zero attached hydrogens (tertiary/aromatic N) is 1. The van der Waals surface area contributed by atoms with Crippen LogP contribution in [0.3, 0.4) is 0 Å². The second-order valence-corrected chi connectivity index (χ2v) is 4.70. The van der Waals surface area contributed by atoms with Crippen LogP contribution < -0.4 is 10.5 Å². The summed E-state index contributed by atoms with van der Waals surface area (Å²) >= 11 is 0. The van der Waals surface area contributed by atoms with Crippen LogP contribution in [0.1, 0.15) is 25.8 Å². The molecule has 5 heteroatoms. The van der Waals surface area contributed by atoms with Crippen molar-refractivity contribution in [2.75, 3.05) is 7.11 Å². The zero-order chi connectivity index (χ0) is 13.7. The summed E-state index contributed by atoms with van der Waals surface area (Å²) in [6.45, 7) is 4.13. The minimum atomic E-state index is -0.398. The van der Waals surface area contributed by atoms with E-state index >= 15 is 0 Å². The number of hydrogen-bond acceptors (Lipinski definition) is 4. The third-order valence-electron chi connectivity index (χ3n) is 3.08. The van der Waals surface area contributed by atoms with Crippen molar-refractivity contribution in [3.63, 3.8) is 0 Å². The summed E-state index contributed by atoms with van der Waals surface area (Å²) in [4.78, 5) is 10.3. The molecule has 5 nitrogen and oxygen atoms in total. The van der Waals surface area contributed by atoms with Crippen molar-refractivity contribution in [3.05, 3.63) is 33.9 Å². The number of nitrogens with two attached hydrogens (primary N) is 1. The van der Waals surface area contributed by atoms with Crippen molar-refractivity contribution in [3.8, 4) is 5.75 Å². The molecule has 1 unspecified atom stereocenters. The number of nitro groups is 1. The van der Waals surface area contributed by atoms with E-state index in [1.54, 1.807) is 19.2 Å². The molecule has 0 saturated carbocycles. The van der Waals surface area contributed by atoms with Crippen molar-refractivity contribution in [2.45, 2.75) is 32.7 Å². The van der Waals surface area contributed by atoms with Gasteiger partial charge in [0.25, 0.3) is 5.69 Å². The van der Waals surface area contributed by atoms with Crippen LogP contribution in [0, 0.1) is 16.0 Å². The standard InChI is InChI=1S/C13H20N2O3/c1-9(2)12(14)6-4-10-8-11(15(16)17)5-7-13(10)18-3/h5,7-9,12H,4,6,14H2,1-3H3. The molecule has 1 rings (SSSR count). The van der Waals surface area contributed by atoms with Crippen LogP contribution in [-0.4, -0.2) is 18.1 Å². The van der Waals surface area contributed by atoms with Gasteiger partial charge in [-0.05, 0) is 24.8 Å². The van der Waals surface area contributed by atoms with Crippen molar-refractivity contribution in [2.24, 2.45) is 11.7 Å². The maximum absolute atomic E-state index is 10.7. The van der Waals surface area contributed by atoms with Gasteiger partial charge in [0, 0.05) is 23.7 Å². The molecule has 0 aliphatic heterocycles. The fourth-order valence-electron chi connectivity index (χ4n) is 1.73. The Morgan fingerprint density at radius 2 is 2.11 bits per heavy atom. The number of nitro benzene ring substituents is 1. The summed E-state index contributed by atoms with van der Waals surface area (Å²) in [5.74, 6) is 1.08. The van der Waals surface area contributed by atoms with Gasteiger partial charge in [0.05, 0.1) is 12.0 Å². The average molecular weight is 252 g/mol. The first kappa shape index (κ1) is 14.4. The summed E-state index contributed by atoms with van der Waals surface area (Å²) in [6, 6.07) is 4.74. The summed E-state index contributed by atoms with van der Waals surface area (Å²) in [5, 5.41) is 10.7. The molecule has 0 radical (unpaired) electrons. The van der Waals surface area contributed by atoms with Crippen molar-refractivity contribution in [1.29, 1.82) is 0 Å². The first-order valence-corrected chi connectivity index (χ1v) is 6.02. The van der Waals surface area contributed by atoms with E-state index < -0.39 is 4.92 Å². The normalized spacial score (nSPS) is 12.5. The molecular formula is C13H20N2O3. The van der Waals surface area contributed by atoms with E-state index in [0.717, 1.165) is 12.0 Å². The molecule has 1 aromatic carbocycles. The zero-order valence-corrected chi connectivity index (χ0v) is 11.1. The van der Waals surface area contributed by atoms with E-state index in [9.17, 15) is 10.1 Å². The van der Waals surface area contributed by atoms with E-state index in [1.165, 1.54) is 6.07 Å².